The van der Waals surface area contributed by atoms with Crippen molar-refractivity contribution >= 4 is 18.1 Å². The second-order valence-electron chi connectivity index (χ2n) is 8.88. The summed E-state index contributed by atoms with van der Waals surface area (Å²) in [4.78, 5) is 24.9. The largest absolute Gasteiger partial charge is 0.507 e. The van der Waals surface area contributed by atoms with Crippen LogP contribution in [0.15, 0.2) is 120 Å². The number of esters is 1. The highest BCUT2D eigenvalue weighted by atomic mass is 16.5. The van der Waals surface area contributed by atoms with E-state index < -0.39 is 5.91 Å². The second kappa shape index (κ2) is 12.0. The minimum atomic E-state index is -0.520. The highest BCUT2D eigenvalue weighted by Crippen LogP contribution is 2.35. The van der Waals surface area contributed by atoms with Crippen LogP contribution < -0.4 is 5.43 Å². The molecule has 0 aliphatic rings. The Hall–Kier alpha value is -5.43. The van der Waals surface area contributed by atoms with Gasteiger partial charge in [-0.15, -0.1) is 0 Å². The molecule has 40 heavy (non-hydrogen) atoms. The quantitative estimate of drug-likeness (QED) is 0.137. The van der Waals surface area contributed by atoms with Crippen LogP contribution >= 0.6 is 0 Å². The van der Waals surface area contributed by atoms with Crippen LogP contribution in [0.25, 0.3) is 28.2 Å². The van der Waals surface area contributed by atoms with Crippen molar-refractivity contribution < 1.29 is 19.4 Å². The molecule has 7 heteroatoms. The highest BCUT2D eigenvalue weighted by Gasteiger charge is 2.19. The third kappa shape index (κ3) is 5.54. The van der Waals surface area contributed by atoms with Crippen molar-refractivity contribution in [1.82, 2.24) is 9.99 Å². The number of rotatable bonds is 8. The number of nitrogens with one attached hydrogen (secondary N) is 1. The van der Waals surface area contributed by atoms with E-state index in [4.69, 9.17) is 4.74 Å². The average Bonchev–Trinajstić information content (AvgIpc) is 3.38. The van der Waals surface area contributed by atoms with Gasteiger partial charge in [-0.25, -0.2) is 10.2 Å². The van der Waals surface area contributed by atoms with E-state index in [9.17, 15) is 14.7 Å². The van der Waals surface area contributed by atoms with E-state index >= 15 is 0 Å². The van der Waals surface area contributed by atoms with Gasteiger partial charge in [0, 0.05) is 11.3 Å². The van der Waals surface area contributed by atoms with Crippen LogP contribution in [0.1, 0.15) is 33.2 Å². The molecular formula is C33H27N3O4. The molecular weight excluding hydrogens is 502 g/mol. The Morgan fingerprint density at radius 3 is 2.12 bits per heavy atom. The molecule has 5 aromatic rings. The van der Waals surface area contributed by atoms with Gasteiger partial charge >= 0.3 is 5.97 Å². The van der Waals surface area contributed by atoms with Crippen LogP contribution in [0.5, 0.6) is 5.75 Å². The normalized spacial score (nSPS) is 10.9. The zero-order chi connectivity index (χ0) is 27.9. The van der Waals surface area contributed by atoms with Crippen molar-refractivity contribution in [2.24, 2.45) is 5.10 Å². The molecule has 0 aliphatic heterocycles. The van der Waals surface area contributed by atoms with Crippen molar-refractivity contribution in [3.63, 3.8) is 0 Å². The number of aromatic nitrogens is 1. The van der Waals surface area contributed by atoms with Crippen LogP contribution in [0.3, 0.4) is 0 Å². The maximum absolute atomic E-state index is 12.6. The van der Waals surface area contributed by atoms with Gasteiger partial charge in [0.2, 0.25) is 0 Å². The molecule has 1 amide bonds. The molecule has 0 atom stereocenters. The molecule has 2 N–H and O–H groups in total. The Kier molecular flexibility index (Phi) is 7.83. The molecule has 1 aromatic heterocycles. The Morgan fingerprint density at radius 2 is 1.48 bits per heavy atom. The number of nitrogens with zero attached hydrogens (tertiary/aromatic N) is 2. The van der Waals surface area contributed by atoms with Crippen molar-refractivity contribution in [3.8, 4) is 34.0 Å². The lowest BCUT2D eigenvalue weighted by Crippen LogP contribution is -2.17. The van der Waals surface area contributed by atoms with Gasteiger partial charge in [0.25, 0.3) is 5.91 Å². The summed E-state index contributed by atoms with van der Waals surface area (Å²) in [7, 11) is 0. The monoisotopic (exact) mass is 529 g/mol. The molecule has 0 radical (unpaired) electrons. The third-order valence-electron chi connectivity index (χ3n) is 6.30. The highest BCUT2D eigenvalue weighted by molar-refractivity contribution is 5.98. The second-order valence-corrected chi connectivity index (χ2v) is 8.88. The van der Waals surface area contributed by atoms with E-state index in [-0.39, 0.29) is 17.3 Å². The van der Waals surface area contributed by atoms with Crippen LogP contribution in [-0.2, 0) is 4.74 Å². The average molecular weight is 530 g/mol. The Morgan fingerprint density at radius 1 is 0.850 bits per heavy atom. The van der Waals surface area contributed by atoms with E-state index in [0.29, 0.717) is 12.2 Å². The standard InChI is InChI=1S/C33H27N3O4/c1-2-40-33(39)25-17-19-27(20-18-25)36-29(23-11-5-3-6-12-23)21-26(31(36)24-13-7-4-8-14-24)22-34-35-32(38)28-15-9-10-16-30(28)37/h3-22,37H,2H2,1H3,(H,35,38)/b34-22-. The first-order valence-electron chi connectivity index (χ1n) is 12.8. The predicted octanol–water partition coefficient (Wildman–Crippen LogP) is 6.46. The molecule has 0 unspecified atom stereocenters. The Labute approximate surface area is 232 Å². The minimum Gasteiger partial charge on any atom is -0.507 e. The van der Waals surface area contributed by atoms with Crippen LogP contribution in [-0.4, -0.2) is 34.4 Å². The lowest BCUT2D eigenvalue weighted by atomic mass is 10.1. The van der Waals surface area contributed by atoms with Crippen molar-refractivity contribution in [2.75, 3.05) is 6.61 Å². The SMILES string of the molecule is CCOC(=O)c1ccc(-n2c(-c3ccccc3)cc(/C=N\NC(=O)c3ccccc3O)c2-c2ccccc2)cc1. The topological polar surface area (TPSA) is 92.9 Å². The zero-order valence-corrected chi connectivity index (χ0v) is 21.8. The molecule has 198 valence electrons. The number of hydrazone groups is 1. The van der Waals surface area contributed by atoms with E-state index in [0.717, 1.165) is 33.8 Å². The molecule has 0 spiro atoms. The maximum Gasteiger partial charge on any atom is 0.338 e. The molecule has 0 aliphatic carbocycles. The number of carbonyl (C=O) groups excluding carboxylic acids is 2. The summed E-state index contributed by atoms with van der Waals surface area (Å²) in [6.07, 6.45) is 1.59. The van der Waals surface area contributed by atoms with Crippen molar-refractivity contribution in [1.29, 1.82) is 0 Å². The summed E-state index contributed by atoms with van der Waals surface area (Å²) in [5.74, 6) is -1.02. The summed E-state index contributed by atoms with van der Waals surface area (Å²) >= 11 is 0. The summed E-state index contributed by atoms with van der Waals surface area (Å²) in [5.41, 5.74) is 8.38. The number of ether oxygens (including phenoxy) is 1. The van der Waals surface area contributed by atoms with Gasteiger partial charge in [-0.05, 0) is 60.5 Å². The first-order valence-corrected chi connectivity index (χ1v) is 12.8. The number of aromatic hydroxyl groups is 1. The first-order chi connectivity index (χ1) is 19.6. The van der Waals surface area contributed by atoms with Gasteiger partial charge in [0.15, 0.2) is 0 Å². The maximum atomic E-state index is 12.6. The number of phenolic OH excluding ortho intramolecular Hbond substituents is 1. The third-order valence-corrected chi connectivity index (χ3v) is 6.30. The summed E-state index contributed by atoms with van der Waals surface area (Å²) < 4.78 is 7.26. The number of hydrogen-bond donors (Lipinski definition) is 2. The molecule has 7 nitrogen and oxygen atoms in total. The fourth-order valence-corrected chi connectivity index (χ4v) is 4.46. The number of para-hydroxylation sites is 1. The zero-order valence-electron chi connectivity index (χ0n) is 21.8. The lowest BCUT2D eigenvalue weighted by Gasteiger charge is -2.15. The summed E-state index contributed by atoms with van der Waals surface area (Å²) in [5, 5.41) is 14.3. The smallest absolute Gasteiger partial charge is 0.338 e. The number of benzene rings is 4. The van der Waals surface area contributed by atoms with Gasteiger partial charge in [-0.3, -0.25) is 4.79 Å². The molecule has 5 rings (SSSR count). The lowest BCUT2D eigenvalue weighted by molar-refractivity contribution is 0.0526. The van der Waals surface area contributed by atoms with Gasteiger partial charge in [0.05, 0.1) is 35.3 Å². The number of carbonyl (C=O) groups is 2. The molecule has 0 saturated heterocycles. The predicted molar refractivity (Wildman–Crippen MR) is 156 cm³/mol. The number of phenols is 1. The molecule has 0 saturated carbocycles. The Balaban J connectivity index is 1.63. The summed E-state index contributed by atoms with van der Waals surface area (Å²) in [6.45, 7) is 2.08. The first kappa shape index (κ1) is 26.2. The molecule has 0 fully saturated rings. The van der Waals surface area contributed by atoms with Gasteiger partial charge in [-0.1, -0.05) is 72.8 Å². The fourth-order valence-electron chi connectivity index (χ4n) is 4.46. The van der Waals surface area contributed by atoms with Crippen molar-refractivity contribution in [3.05, 3.63) is 132 Å². The van der Waals surface area contributed by atoms with E-state index in [1.54, 1.807) is 37.4 Å². The van der Waals surface area contributed by atoms with E-state index in [1.165, 1.54) is 12.1 Å². The van der Waals surface area contributed by atoms with E-state index in [2.05, 4.69) is 15.1 Å². The van der Waals surface area contributed by atoms with Gasteiger partial charge in [0.1, 0.15) is 5.75 Å². The number of amides is 1. The molecule has 1 heterocycles. The number of hydrogen-bond acceptors (Lipinski definition) is 5. The van der Waals surface area contributed by atoms with Crippen LogP contribution in [0.2, 0.25) is 0 Å². The summed E-state index contributed by atoms with van der Waals surface area (Å²) in [6, 6.07) is 35.4. The van der Waals surface area contributed by atoms with E-state index in [1.807, 2.05) is 78.9 Å². The molecule has 4 aromatic carbocycles. The van der Waals surface area contributed by atoms with Crippen LogP contribution in [0.4, 0.5) is 0 Å². The Bertz CT molecular complexity index is 1660. The van der Waals surface area contributed by atoms with Gasteiger partial charge < -0.3 is 14.4 Å². The van der Waals surface area contributed by atoms with Crippen LogP contribution in [0, 0.1) is 0 Å². The van der Waals surface area contributed by atoms with Gasteiger partial charge in [-0.2, -0.15) is 5.10 Å². The van der Waals surface area contributed by atoms with Crippen molar-refractivity contribution in [2.45, 2.75) is 6.92 Å². The molecule has 0 bridgehead atoms. The minimum absolute atomic E-state index is 0.121. The fraction of sp³-hybridized carbons (Fsp3) is 0.0606.